The molecule has 3 rings (SSSR count). The van der Waals surface area contributed by atoms with E-state index in [1.807, 2.05) is 26.0 Å². The van der Waals surface area contributed by atoms with Crippen LogP contribution in [0.2, 0.25) is 10.0 Å². The standard InChI is InChI=1S/C15H12Cl2N2OS2/c1-7-8(2)22-14-12(7)13(20)18-15(19-14)21-6-9-3-4-10(16)11(17)5-9/h3-5H,6H2,1-2H3,(H,18,19,20). The molecule has 0 bridgehead atoms. The second-order valence-corrected chi connectivity index (χ2v) is 7.85. The van der Waals surface area contributed by atoms with Crippen molar-refractivity contribution in [2.45, 2.75) is 24.8 Å². The van der Waals surface area contributed by atoms with Crippen molar-refractivity contribution in [3.8, 4) is 0 Å². The molecule has 2 aromatic heterocycles. The molecule has 0 amide bonds. The van der Waals surface area contributed by atoms with Crippen LogP contribution in [-0.4, -0.2) is 9.97 Å². The van der Waals surface area contributed by atoms with Crippen molar-refractivity contribution >= 4 is 56.5 Å². The van der Waals surface area contributed by atoms with Crippen molar-refractivity contribution in [3.63, 3.8) is 0 Å². The van der Waals surface area contributed by atoms with Gasteiger partial charge in [0.1, 0.15) is 4.83 Å². The van der Waals surface area contributed by atoms with Gasteiger partial charge in [0.05, 0.1) is 15.4 Å². The van der Waals surface area contributed by atoms with E-state index >= 15 is 0 Å². The Balaban J connectivity index is 1.88. The van der Waals surface area contributed by atoms with Gasteiger partial charge in [0.15, 0.2) is 5.16 Å². The van der Waals surface area contributed by atoms with Crippen molar-refractivity contribution in [3.05, 3.63) is 54.6 Å². The maximum absolute atomic E-state index is 12.2. The summed E-state index contributed by atoms with van der Waals surface area (Å²) in [6.07, 6.45) is 0. The number of thioether (sulfide) groups is 1. The fourth-order valence-corrected chi connectivity index (χ4v) is 4.30. The Morgan fingerprint density at radius 1 is 1.27 bits per heavy atom. The average molecular weight is 371 g/mol. The van der Waals surface area contributed by atoms with E-state index in [2.05, 4.69) is 9.97 Å². The number of aromatic nitrogens is 2. The van der Waals surface area contributed by atoms with E-state index in [1.54, 1.807) is 17.4 Å². The van der Waals surface area contributed by atoms with Crippen LogP contribution in [0, 0.1) is 13.8 Å². The molecule has 0 spiro atoms. The molecule has 0 atom stereocenters. The van der Waals surface area contributed by atoms with Gasteiger partial charge < -0.3 is 4.98 Å². The highest BCUT2D eigenvalue weighted by Crippen LogP contribution is 2.29. The first-order chi connectivity index (χ1) is 10.5. The number of nitrogens with one attached hydrogen (secondary N) is 1. The minimum atomic E-state index is -0.0801. The summed E-state index contributed by atoms with van der Waals surface area (Å²) in [6.45, 7) is 3.96. The van der Waals surface area contributed by atoms with Gasteiger partial charge in [0, 0.05) is 10.6 Å². The van der Waals surface area contributed by atoms with Crippen LogP contribution >= 0.6 is 46.3 Å². The molecule has 0 aliphatic heterocycles. The van der Waals surface area contributed by atoms with Crippen LogP contribution in [0.5, 0.6) is 0 Å². The van der Waals surface area contributed by atoms with E-state index < -0.39 is 0 Å². The third kappa shape index (κ3) is 3.04. The van der Waals surface area contributed by atoms with Crippen molar-refractivity contribution < 1.29 is 0 Å². The smallest absolute Gasteiger partial charge is 0.260 e. The van der Waals surface area contributed by atoms with Crippen LogP contribution in [0.3, 0.4) is 0 Å². The van der Waals surface area contributed by atoms with E-state index in [0.29, 0.717) is 26.3 Å². The van der Waals surface area contributed by atoms with Gasteiger partial charge in [-0.1, -0.05) is 41.0 Å². The fourth-order valence-electron chi connectivity index (χ4n) is 2.08. The quantitative estimate of drug-likeness (QED) is 0.508. The maximum atomic E-state index is 12.2. The van der Waals surface area contributed by atoms with Gasteiger partial charge in [-0.3, -0.25) is 4.79 Å². The highest BCUT2D eigenvalue weighted by atomic mass is 35.5. The number of fused-ring (bicyclic) bond motifs is 1. The van der Waals surface area contributed by atoms with Crippen molar-refractivity contribution in [1.82, 2.24) is 9.97 Å². The monoisotopic (exact) mass is 370 g/mol. The van der Waals surface area contributed by atoms with Crippen molar-refractivity contribution in [2.24, 2.45) is 0 Å². The lowest BCUT2D eigenvalue weighted by Crippen LogP contribution is -2.08. The molecule has 1 N–H and O–H groups in total. The van der Waals surface area contributed by atoms with E-state index in [0.717, 1.165) is 20.8 Å². The Morgan fingerprint density at radius 3 is 2.77 bits per heavy atom. The third-order valence-electron chi connectivity index (χ3n) is 3.38. The molecule has 22 heavy (non-hydrogen) atoms. The summed E-state index contributed by atoms with van der Waals surface area (Å²) >= 11 is 14.9. The average Bonchev–Trinajstić information content (AvgIpc) is 2.75. The second-order valence-electron chi connectivity index (χ2n) is 4.87. The number of nitrogens with zero attached hydrogens (tertiary/aromatic N) is 1. The molecule has 0 saturated carbocycles. The summed E-state index contributed by atoms with van der Waals surface area (Å²) < 4.78 is 0. The molecule has 0 fully saturated rings. The third-order valence-corrected chi connectivity index (χ3v) is 6.16. The normalized spacial score (nSPS) is 11.3. The lowest BCUT2D eigenvalue weighted by atomic mass is 10.2. The Bertz CT molecular complexity index is 918. The van der Waals surface area contributed by atoms with E-state index in [4.69, 9.17) is 23.2 Å². The van der Waals surface area contributed by atoms with Gasteiger partial charge >= 0.3 is 0 Å². The fraction of sp³-hybridized carbons (Fsp3) is 0.200. The SMILES string of the molecule is Cc1sc2nc(SCc3ccc(Cl)c(Cl)c3)[nH]c(=O)c2c1C. The van der Waals surface area contributed by atoms with Gasteiger partial charge in [-0.2, -0.15) is 0 Å². The van der Waals surface area contributed by atoms with Crippen LogP contribution in [0.1, 0.15) is 16.0 Å². The predicted molar refractivity (Wildman–Crippen MR) is 95.7 cm³/mol. The van der Waals surface area contributed by atoms with Gasteiger partial charge in [-0.05, 0) is 37.1 Å². The summed E-state index contributed by atoms with van der Waals surface area (Å²) in [5.74, 6) is 0.661. The van der Waals surface area contributed by atoms with Crippen molar-refractivity contribution in [2.75, 3.05) is 0 Å². The zero-order valence-corrected chi connectivity index (χ0v) is 15.0. The number of halogens is 2. The van der Waals surface area contributed by atoms with Gasteiger partial charge in [0.2, 0.25) is 0 Å². The number of thiophene rings is 1. The molecule has 2 heterocycles. The number of hydrogen-bond donors (Lipinski definition) is 1. The molecule has 3 nitrogen and oxygen atoms in total. The van der Waals surface area contributed by atoms with E-state index in [-0.39, 0.29) is 5.56 Å². The highest BCUT2D eigenvalue weighted by molar-refractivity contribution is 7.98. The summed E-state index contributed by atoms with van der Waals surface area (Å²) in [5, 5.41) is 2.38. The van der Waals surface area contributed by atoms with Crippen LogP contribution in [0.25, 0.3) is 10.2 Å². The molecular formula is C15H12Cl2N2OS2. The topological polar surface area (TPSA) is 45.8 Å². The number of aromatic amines is 1. The molecule has 7 heteroatoms. The molecule has 0 saturated heterocycles. The summed E-state index contributed by atoms with van der Waals surface area (Å²) in [6, 6.07) is 5.51. The molecule has 0 aliphatic rings. The molecular weight excluding hydrogens is 359 g/mol. The first-order valence-electron chi connectivity index (χ1n) is 6.52. The minimum absolute atomic E-state index is 0.0801. The lowest BCUT2D eigenvalue weighted by Gasteiger charge is -2.03. The van der Waals surface area contributed by atoms with Gasteiger partial charge in [-0.25, -0.2) is 4.98 Å². The first-order valence-corrected chi connectivity index (χ1v) is 9.08. The molecule has 0 unspecified atom stereocenters. The summed E-state index contributed by atoms with van der Waals surface area (Å²) in [5.41, 5.74) is 1.96. The Hall–Kier alpha value is -1.01. The molecule has 114 valence electrons. The maximum Gasteiger partial charge on any atom is 0.260 e. The first kappa shape index (κ1) is 15.9. The highest BCUT2D eigenvalue weighted by Gasteiger charge is 2.12. The van der Waals surface area contributed by atoms with E-state index in [9.17, 15) is 4.79 Å². The van der Waals surface area contributed by atoms with Crippen LogP contribution < -0.4 is 5.56 Å². The largest absolute Gasteiger partial charge is 0.301 e. The molecule has 3 aromatic rings. The number of hydrogen-bond acceptors (Lipinski definition) is 4. The zero-order valence-electron chi connectivity index (χ0n) is 11.9. The van der Waals surface area contributed by atoms with Crippen LogP contribution in [0.4, 0.5) is 0 Å². The van der Waals surface area contributed by atoms with E-state index in [1.165, 1.54) is 11.8 Å². The zero-order chi connectivity index (χ0) is 15.9. The lowest BCUT2D eigenvalue weighted by molar-refractivity contribution is 0.978. The minimum Gasteiger partial charge on any atom is -0.301 e. The number of H-pyrrole nitrogens is 1. The summed E-state index contributed by atoms with van der Waals surface area (Å²) in [7, 11) is 0. The molecule has 0 radical (unpaired) electrons. The molecule has 0 aliphatic carbocycles. The Kier molecular flexibility index (Phi) is 4.50. The van der Waals surface area contributed by atoms with Crippen LogP contribution in [0.15, 0.2) is 28.2 Å². The van der Waals surface area contributed by atoms with Crippen molar-refractivity contribution in [1.29, 1.82) is 0 Å². The Labute approximate surface area is 145 Å². The summed E-state index contributed by atoms with van der Waals surface area (Å²) in [4.78, 5) is 21.5. The number of rotatable bonds is 3. The predicted octanol–water partition coefficient (Wildman–Crippen LogP) is 5.20. The number of aryl methyl sites for hydroxylation is 2. The van der Waals surface area contributed by atoms with Crippen LogP contribution in [-0.2, 0) is 5.75 Å². The molecule has 1 aromatic carbocycles. The number of benzene rings is 1. The Morgan fingerprint density at radius 2 is 2.05 bits per heavy atom. The van der Waals surface area contributed by atoms with Gasteiger partial charge in [-0.15, -0.1) is 11.3 Å². The van der Waals surface area contributed by atoms with Gasteiger partial charge in [0.25, 0.3) is 5.56 Å². The second kappa shape index (κ2) is 6.24.